The van der Waals surface area contributed by atoms with E-state index in [0.29, 0.717) is 46.3 Å². The van der Waals surface area contributed by atoms with Gasteiger partial charge in [-0.2, -0.15) is 0 Å². The maximum Gasteiger partial charge on any atom is 0.530 e. The highest BCUT2D eigenvalue weighted by Gasteiger charge is 2.29. The fourth-order valence-electron chi connectivity index (χ4n) is 7.25. The third-order valence-corrected chi connectivity index (χ3v) is 14.9. The Kier molecular flexibility index (Phi) is 13.7. The Labute approximate surface area is 338 Å². The molecule has 0 atom stereocenters. The van der Waals surface area contributed by atoms with Crippen LogP contribution < -0.4 is 44.7 Å². The molecule has 0 aliphatic carbocycles. The minimum atomic E-state index is -1.97. The first-order valence-electron chi connectivity index (χ1n) is 19.2. The Morgan fingerprint density at radius 2 is 0.618 bits per heavy atom. The molecule has 0 aliphatic rings. The lowest BCUT2D eigenvalue weighted by atomic mass is 9.97. The number of rotatable bonds is 15. The molecule has 6 aromatic carbocycles. The lowest BCUT2D eigenvalue weighted by Crippen LogP contribution is -2.34. The number of hydrogen-bond donors (Lipinski definition) is 0. The lowest BCUT2D eigenvalue weighted by molar-refractivity contribution is 0.391. The molecule has 0 amide bonds. The van der Waals surface area contributed by atoms with Gasteiger partial charge in [-0.1, -0.05) is 166 Å². The fourth-order valence-corrected chi connectivity index (χ4v) is 13.1. The van der Waals surface area contributed by atoms with Crippen LogP contribution in [-0.2, 0) is 0 Å². The highest BCUT2D eigenvalue weighted by atomic mass is 31.2. The van der Waals surface area contributed by atoms with Crippen LogP contribution in [-0.4, -0.2) is 28.6 Å². The predicted molar refractivity (Wildman–Crippen MR) is 239 cm³/mol. The van der Waals surface area contributed by atoms with Crippen molar-refractivity contribution >= 4 is 68.3 Å². The molecule has 0 saturated carbocycles. The van der Waals surface area contributed by atoms with Gasteiger partial charge in [0.2, 0.25) is 0 Å². The van der Waals surface area contributed by atoms with Crippen molar-refractivity contribution in [3.8, 4) is 17.2 Å². The maximum absolute atomic E-state index is 7.18. The third kappa shape index (κ3) is 9.98. The number of hydrogen-bond acceptors (Lipinski definition) is 3. The van der Waals surface area contributed by atoms with Crippen LogP contribution in [0.3, 0.4) is 0 Å². The largest absolute Gasteiger partial charge is 0.530 e. The van der Waals surface area contributed by atoms with E-state index in [0.717, 1.165) is 17.2 Å². The van der Waals surface area contributed by atoms with E-state index < -0.39 is 8.60 Å². The second kappa shape index (κ2) is 18.6. The molecule has 0 spiro atoms. The monoisotopic (exact) mass is 790 g/mol. The van der Waals surface area contributed by atoms with Crippen LogP contribution in [0, 0.1) is 20.8 Å². The molecule has 278 valence electrons. The molecular weight excluding hydrogens is 740 g/mol. The van der Waals surface area contributed by atoms with E-state index in [9.17, 15) is 0 Å². The Balaban J connectivity index is 1.51. The molecule has 0 heterocycles. The van der Waals surface area contributed by atoms with Crippen LogP contribution in [0.4, 0.5) is 0 Å². The van der Waals surface area contributed by atoms with E-state index in [4.69, 9.17) is 13.6 Å². The summed E-state index contributed by atoms with van der Waals surface area (Å²) in [6, 6.07) is 45.1. The predicted octanol–water partition coefficient (Wildman–Crippen LogP) is 8.71. The van der Waals surface area contributed by atoms with Gasteiger partial charge in [-0.3, -0.25) is 0 Å². The summed E-state index contributed by atoms with van der Waals surface area (Å²) in [7, 11) is -0.714. The molecule has 0 bridgehead atoms. The van der Waals surface area contributed by atoms with Crippen molar-refractivity contribution in [2.24, 2.45) is 0 Å². The van der Waals surface area contributed by atoms with Crippen molar-refractivity contribution in [3.05, 3.63) is 161 Å². The van der Waals surface area contributed by atoms with Gasteiger partial charge in [-0.25, -0.2) is 0 Å². The van der Waals surface area contributed by atoms with Crippen molar-refractivity contribution in [1.82, 2.24) is 0 Å². The molecule has 0 aromatic heterocycles. The lowest BCUT2D eigenvalue weighted by Gasteiger charge is -2.26. The van der Waals surface area contributed by atoms with E-state index in [-0.39, 0.29) is 0 Å². The van der Waals surface area contributed by atoms with Crippen molar-refractivity contribution in [2.45, 2.75) is 80.1 Å². The van der Waals surface area contributed by atoms with Gasteiger partial charge in [0.15, 0.2) is 0 Å². The summed E-state index contributed by atoms with van der Waals surface area (Å²) in [5.41, 5.74) is 7.77. The van der Waals surface area contributed by atoms with Gasteiger partial charge in [-0.05, 0) is 106 Å². The van der Waals surface area contributed by atoms with Crippen LogP contribution in [0.15, 0.2) is 127 Å². The Morgan fingerprint density at radius 3 is 0.855 bits per heavy atom. The van der Waals surface area contributed by atoms with Crippen molar-refractivity contribution < 1.29 is 13.6 Å². The number of aryl methyl sites for hydroxylation is 3. The minimum absolute atomic E-state index is 0.316. The van der Waals surface area contributed by atoms with Crippen LogP contribution in [0.25, 0.3) is 0 Å². The Bertz CT molecular complexity index is 1940. The smallest absolute Gasteiger partial charge is 0.409 e. The van der Waals surface area contributed by atoms with Gasteiger partial charge in [0.05, 0.1) is 0 Å². The van der Waals surface area contributed by atoms with Crippen molar-refractivity contribution in [1.29, 1.82) is 0 Å². The van der Waals surface area contributed by atoms with E-state index >= 15 is 0 Å². The van der Waals surface area contributed by atoms with Crippen LogP contribution >= 0.6 is 8.60 Å². The molecular formula is C48H51O3PSi3. The zero-order valence-corrected chi connectivity index (χ0v) is 37.4. The van der Waals surface area contributed by atoms with Crippen LogP contribution in [0.1, 0.15) is 92.7 Å². The first-order valence-corrected chi connectivity index (χ1v) is 23.3. The highest BCUT2D eigenvalue weighted by molar-refractivity contribution is 7.43. The summed E-state index contributed by atoms with van der Waals surface area (Å²) in [5, 5.41) is 7.42. The van der Waals surface area contributed by atoms with Crippen LogP contribution in [0.5, 0.6) is 17.2 Å². The molecule has 0 aliphatic heterocycles. The van der Waals surface area contributed by atoms with Gasteiger partial charge < -0.3 is 13.6 Å². The molecule has 0 saturated heterocycles. The van der Waals surface area contributed by atoms with Crippen molar-refractivity contribution in [2.75, 3.05) is 0 Å². The molecule has 0 unspecified atom stereocenters. The Hall–Kier alpha value is -4.20. The summed E-state index contributed by atoms with van der Waals surface area (Å²) in [6.07, 6.45) is 0. The molecule has 0 N–H and O–H groups in total. The maximum atomic E-state index is 7.18. The molecule has 55 heavy (non-hydrogen) atoms. The molecule has 6 aromatic rings. The zero-order valence-electron chi connectivity index (χ0n) is 33.5. The first kappa shape index (κ1) is 40.5. The zero-order chi connectivity index (χ0) is 39.1. The minimum Gasteiger partial charge on any atom is -0.409 e. The third-order valence-electron chi connectivity index (χ3n) is 9.66. The van der Waals surface area contributed by atoms with Gasteiger partial charge in [0.1, 0.15) is 45.8 Å². The average Bonchev–Trinajstić information content (AvgIpc) is 3.15. The summed E-state index contributed by atoms with van der Waals surface area (Å²) >= 11 is 0. The standard InChI is InChI=1S/C48H51O3PSi3/c1-31(2)43-34(7)25-28-40(46(43)53-37-19-13-10-14-20-37)49-52(50-41-29-26-35(8)44(32(3)4)47(41)54-38-21-15-11-16-22-38)51-42-30-27-36(9)45(33(5)6)48(42)55-39-23-17-12-18-24-39/h10-33H,1-9H3. The SMILES string of the molecule is Cc1ccc(OP(Oc2ccc(C)c(C(C)C)c2[Si]c2ccccc2)Oc2ccc(C)c(C(C)C)c2[Si]c2ccccc2)c([Si]c2ccccc2)c1C(C)C. The van der Waals surface area contributed by atoms with Gasteiger partial charge in [0, 0.05) is 0 Å². The summed E-state index contributed by atoms with van der Waals surface area (Å²) in [5.74, 6) is 3.39. The first-order chi connectivity index (χ1) is 26.5. The normalized spacial score (nSPS) is 11.5. The number of benzene rings is 6. The topological polar surface area (TPSA) is 27.7 Å². The van der Waals surface area contributed by atoms with Gasteiger partial charge >= 0.3 is 8.60 Å². The van der Waals surface area contributed by atoms with Gasteiger partial charge in [-0.15, -0.1) is 0 Å². The van der Waals surface area contributed by atoms with Gasteiger partial charge in [0.25, 0.3) is 0 Å². The van der Waals surface area contributed by atoms with Crippen molar-refractivity contribution in [3.63, 3.8) is 0 Å². The second-order valence-corrected chi connectivity index (χ2v) is 19.9. The second-order valence-electron chi connectivity index (χ2n) is 14.9. The van der Waals surface area contributed by atoms with E-state index in [1.54, 1.807) is 0 Å². The van der Waals surface area contributed by atoms with E-state index in [1.807, 2.05) is 0 Å². The van der Waals surface area contributed by atoms with Crippen LogP contribution in [0.2, 0.25) is 0 Å². The fraction of sp³-hybridized carbons (Fsp3) is 0.250. The van der Waals surface area contributed by atoms with E-state index in [2.05, 4.69) is 190 Å². The summed E-state index contributed by atoms with van der Waals surface area (Å²) < 4.78 is 21.5. The highest BCUT2D eigenvalue weighted by Crippen LogP contribution is 2.43. The molecule has 6 radical (unpaired) electrons. The summed E-state index contributed by atoms with van der Waals surface area (Å²) in [4.78, 5) is 0. The molecule has 6 rings (SSSR count). The summed E-state index contributed by atoms with van der Waals surface area (Å²) in [6.45, 7) is 20.3. The Morgan fingerprint density at radius 1 is 0.364 bits per heavy atom. The molecule has 7 heteroatoms. The van der Waals surface area contributed by atoms with E-state index in [1.165, 1.54) is 64.5 Å². The molecule has 0 fully saturated rings. The molecule has 3 nitrogen and oxygen atoms in total. The quantitative estimate of drug-likeness (QED) is 0.0770. The average molecular weight is 791 g/mol.